The largest absolute Gasteiger partial charge is 0.375 e. The molecule has 3 heterocycles. The highest BCUT2D eigenvalue weighted by molar-refractivity contribution is 5.75. The summed E-state index contributed by atoms with van der Waals surface area (Å²) in [6.45, 7) is 7.32. The van der Waals surface area contributed by atoms with Gasteiger partial charge in [-0.15, -0.1) is 0 Å². The molecule has 6 heteroatoms. The molecule has 2 fully saturated rings. The monoisotopic (exact) mass is 376 g/mol. The molecule has 0 N–H and O–H groups in total. The van der Waals surface area contributed by atoms with E-state index in [9.17, 15) is 4.79 Å². The van der Waals surface area contributed by atoms with E-state index in [0.717, 1.165) is 45.3 Å². The van der Waals surface area contributed by atoms with Crippen LogP contribution in [0, 0.1) is 5.92 Å². The van der Waals surface area contributed by atoms with Crippen LogP contribution in [-0.4, -0.2) is 64.4 Å². The second-order valence-corrected chi connectivity index (χ2v) is 8.38. The Kier molecular flexibility index (Phi) is 6.93. The van der Waals surface area contributed by atoms with Crippen LogP contribution in [0.15, 0.2) is 12.4 Å². The van der Waals surface area contributed by atoms with Gasteiger partial charge >= 0.3 is 0 Å². The number of likely N-dealkylation sites (tertiary alicyclic amines) is 1. The Balaban J connectivity index is 1.58. The lowest BCUT2D eigenvalue weighted by Gasteiger charge is -2.42. The topological polar surface area (TPSA) is 50.6 Å². The number of piperidine rings is 1. The minimum atomic E-state index is 0.247. The van der Waals surface area contributed by atoms with Crippen molar-refractivity contribution in [2.24, 2.45) is 13.0 Å². The van der Waals surface area contributed by atoms with Crippen molar-refractivity contribution in [2.75, 3.05) is 26.7 Å². The molecule has 2 aliphatic rings. The lowest BCUT2D eigenvalue weighted by molar-refractivity contribution is -0.131. The highest BCUT2D eigenvalue weighted by Crippen LogP contribution is 2.36. The first-order valence-electron chi connectivity index (χ1n) is 10.6. The number of hydrogen-bond acceptors (Lipinski definition) is 4. The van der Waals surface area contributed by atoms with E-state index in [-0.39, 0.29) is 12.0 Å². The zero-order chi connectivity index (χ0) is 19.4. The Morgan fingerprint density at radius 2 is 2.19 bits per heavy atom. The van der Waals surface area contributed by atoms with Gasteiger partial charge in [0.25, 0.3) is 0 Å². The summed E-state index contributed by atoms with van der Waals surface area (Å²) in [7, 11) is 3.94. The molecule has 0 aliphatic carbocycles. The first-order valence-corrected chi connectivity index (χ1v) is 10.6. The zero-order valence-electron chi connectivity index (χ0n) is 17.4. The van der Waals surface area contributed by atoms with Gasteiger partial charge in [0.2, 0.25) is 5.91 Å². The normalized spacial score (nSPS) is 29.2. The van der Waals surface area contributed by atoms with Crippen LogP contribution in [0.2, 0.25) is 0 Å². The molecule has 0 saturated carbocycles. The molecule has 0 radical (unpaired) electrons. The van der Waals surface area contributed by atoms with Gasteiger partial charge in [-0.25, -0.2) is 0 Å². The van der Waals surface area contributed by atoms with E-state index >= 15 is 0 Å². The van der Waals surface area contributed by atoms with Gasteiger partial charge in [0, 0.05) is 44.9 Å². The lowest BCUT2D eigenvalue weighted by Crippen LogP contribution is -2.44. The quantitative estimate of drug-likeness (QED) is 0.734. The molecule has 3 rings (SSSR count). The summed E-state index contributed by atoms with van der Waals surface area (Å²) in [4.78, 5) is 17.2. The van der Waals surface area contributed by atoms with Gasteiger partial charge in [-0.05, 0) is 58.0 Å². The smallest absolute Gasteiger partial charge is 0.222 e. The first kappa shape index (κ1) is 20.3. The molecule has 2 aliphatic heterocycles. The van der Waals surface area contributed by atoms with Gasteiger partial charge in [0.1, 0.15) is 0 Å². The van der Waals surface area contributed by atoms with Gasteiger partial charge in [0.15, 0.2) is 0 Å². The number of rotatable bonds is 7. The predicted octanol–water partition coefficient (Wildman–Crippen LogP) is 3.00. The Morgan fingerprint density at radius 1 is 1.37 bits per heavy atom. The summed E-state index contributed by atoms with van der Waals surface area (Å²) in [6.07, 6.45) is 10.8. The number of ether oxygens (including phenoxy) is 1. The van der Waals surface area contributed by atoms with Crippen molar-refractivity contribution in [2.45, 2.75) is 70.6 Å². The van der Waals surface area contributed by atoms with Crippen molar-refractivity contribution < 1.29 is 9.53 Å². The second-order valence-electron chi connectivity index (χ2n) is 8.38. The number of aryl methyl sites for hydroxylation is 1. The molecular formula is C21H36N4O2. The summed E-state index contributed by atoms with van der Waals surface area (Å²) < 4.78 is 7.74. The molecule has 0 bridgehead atoms. The van der Waals surface area contributed by atoms with Crippen molar-refractivity contribution >= 4 is 5.91 Å². The van der Waals surface area contributed by atoms with Crippen LogP contribution in [0.25, 0.3) is 0 Å². The zero-order valence-corrected chi connectivity index (χ0v) is 17.4. The molecule has 1 amide bonds. The Hall–Kier alpha value is -1.40. The van der Waals surface area contributed by atoms with Crippen LogP contribution in [0.3, 0.4) is 0 Å². The highest BCUT2D eigenvalue weighted by Gasteiger charge is 2.34. The average Bonchev–Trinajstić information content (AvgIpc) is 3.27. The number of carbonyl (C=O) groups is 1. The third-order valence-electron chi connectivity index (χ3n) is 6.27. The highest BCUT2D eigenvalue weighted by atomic mass is 16.5. The minimum Gasteiger partial charge on any atom is -0.375 e. The SMILES string of the molecule is CCN1CCC[C@@H](CN(C)C(=O)CC[C@H]2CC[C@H](C)O2)[C@@H]1c1cnn(C)c1. The van der Waals surface area contributed by atoms with E-state index in [0.29, 0.717) is 24.5 Å². The van der Waals surface area contributed by atoms with E-state index in [4.69, 9.17) is 4.74 Å². The van der Waals surface area contributed by atoms with E-state index in [2.05, 4.69) is 30.0 Å². The first-order chi connectivity index (χ1) is 13.0. The van der Waals surface area contributed by atoms with Crippen LogP contribution >= 0.6 is 0 Å². The van der Waals surface area contributed by atoms with E-state index < -0.39 is 0 Å². The molecule has 0 spiro atoms. The van der Waals surface area contributed by atoms with Crippen molar-refractivity contribution in [3.63, 3.8) is 0 Å². The maximum Gasteiger partial charge on any atom is 0.222 e. The van der Waals surface area contributed by atoms with Gasteiger partial charge in [-0.1, -0.05) is 6.92 Å². The summed E-state index contributed by atoms with van der Waals surface area (Å²) in [5.41, 5.74) is 1.28. The molecule has 1 aromatic rings. The number of carbonyl (C=O) groups excluding carboxylic acids is 1. The van der Waals surface area contributed by atoms with E-state index in [1.165, 1.54) is 12.0 Å². The van der Waals surface area contributed by atoms with Gasteiger partial charge < -0.3 is 9.64 Å². The maximum atomic E-state index is 12.7. The molecule has 0 unspecified atom stereocenters. The third-order valence-corrected chi connectivity index (χ3v) is 6.27. The summed E-state index contributed by atoms with van der Waals surface area (Å²) in [6, 6.07) is 0.353. The Morgan fingerprint density at radius 3 is 2.81 bits per heavy atom. The Labute approximate surface area is 163 Å². The van der Waals surface area contributed by atoms with Crippen LogP contribution in [0.5, 0.6) is 0 Å². The van der Waals surface area contributed by atoms with Crippen LogP contribution in [0.1, 0.15) is 64.0 Å². The van der Waals surface area contributed by atoms with Crippen LogP contribution in [0.4, 0.5) is 0 Å². The van der Waals surface area contributed by atoms with Crippen LogP contribution in [-0.2, 0) is 16.6 Å². The standard InChI is InChI=1S/C21H36N4O2/c1-5-25-12-6-7-17(21(25)18-13-22-24(4)15-18)14-23(3)20(26)11-10-19-9-8-16(2)27-19/h13,15-17,19,21H,5-12,14H2,1-4H3/t16-,17-,19+,21+/m0/s1. The minimum absolute atomic E-state index is 0.247. The Bertz CT molecular complexity index is 617. The molecule has 1 aromatic heterocycles. The molecule has 152 valence electrons. The maximum absolute atomic E-state index is 12.7. The summed E-state index contributed by atoms with van der Waals surface area (Å²) in [5.74, 6) is 0.705. The number of nitrogens with zero attached hydrogens (tertiary/aromatic N) is 4. The summed E-state index contributed by atoms with van der Waals surface area (Å²) >= 11 is 0. The van der Waals surface area contributed by atoms with Crippen molar-refractivity contribution in [3.8, 4) is 0 Å². The van der Waals surface area contributed by atoms with Gasteiger partial charge in [-0.2, -0.15) is 5.10 Å². The van der Waals surface area contributed by atoms with E-state index in [1.54, 1.807) is 0 Å². The molecule has 0 aromatic carbocycles. The fourth-order valence-electron chi connectivity index (χ4n) is 4.80. The van der Waals surface area contributed by atoms with E-state index in [1.807, 2.05) is 29.9 Å². The number of aromatic nitrogens is 2. The molecule has 27 heavy (non-hydrogen) atoms. The number of hydrogen-bond donors (Lipinski definition) is 0. The molecular weight excluding hydrogens is 340 g/mol. The third kappa shape index (κ3) is 5.11. The van der Waals surface area contributed by atoms with Crippen molar-refractivity contribution in [1.29, 1.82) is 0 Å². The van der Waals surface area contributed by atoms with Crippen LogP contribution < -0.4 is 0 Å². The van der Waals surface area contributed by atoms with Crippen molar-refractivity contribution in [1.82, 2.24) is 19.6 Å². The van der Waals surface area contributed by atoms with Gasteiger partial charge in [0.05, 0.1) is 18.4 Å². The fourth-order valence-corrected chi connectivity index (χ4v) is 4.80. The average molecular weight is 377 g/mol. The lowest BCUT2D eigenvalue weighted by atomic mass is 9.85. The molecule has 6 nitrogen and oxygen atoms in total. The number of amides is 1. The molecule has 2 saturated heterocycles. The molecule has 4 atom stereocenters. The fraction of sp³-hybridized carbons (Fsp3) is 0.810. The van der Waals surface area contributed by atoms with Gasteiger partial charge in [-0.3, -0.25) is 14.4 Å². The second kappa shape index (κ2) is 9.20. The van der Waals surface area contributed by atoms with Crippen molar-refractivity contribution in [3.05, 3.63) is 18.0 Å². The predicted molar refractivity (Wildman–Crippen MR) is 106 cm³/mol. The summed E-state index contributed by atoms with van der Waals surface area (Å²) in [5, 5.41) is 4.38.